The Morgan fingerprint density at radius 1 is 0.379 bits per heavy atom. The molecule has 58 heavy (non-hydrogen) atoms. The van der Waals surface area contributed by atoms with E-state index in [9.17, 15) is 0 Å². The van der Waals surface area contributed by atoms with E-state index in [0.29, 0.717) is 11.8 Å². The molecule has 0 bridgehead atoms. The number of aromatic nitrogens is 2. The van der Waals surface area contributed by atoms with Crippen LogP contribution in [-0.4, -0.2) is 18.0 Å². The summed E-state index contributed by atoms with van der Waals surface area (Å²) >= 11 is 0. The van der Waals surface area contributed by atoms with Gasteiger partial charge < -0.3 is 8.83 Å². The van der Waals surface area contributed by atoms with Crippen LogP contribution in [0, 0.1) is 0 Å². The average molecular weight is 761 g/mol. The Morgan fingerprint density at radius 2 is 0.828 bits per heavy atom. The van der Waals surface area contributed by atoms with Crippen molar-refractivity contribution in [2.75, 3.05) is 0 Å². The third-order valence-corrected chi connectivity index (χ3v) is 16.2. The van der Waals surface area contributed by atoms with Gasteiger partial charge in [-0.25, -0.2) is 9.97 Å². The fraction of sp³-hybridized carbons (Fsp3) is 0.0566. The number of fused-ring (bicyclic) bond motifs is 11. The summed E-state index contributed by atoms with van der Waals surface area (Å²) in [5, 5.41) is 3.02. The number of hydrogen-bond donors (Lipinski definition) is 0. The lowest BCUT2D eigenvalue weighted by atomic mass is 9.67. The number of rotatable bonds is 4. The molecule has 10 aromatic rings. The quantitative estimate of drug-likeness (QED) is 0.168. The van der Waals surface area contributed by atoms with Crippen molar-refractivity contribution in [3.05, 3.63) is 204 Å². The molecule has 274 valence electrons. The molecule has 0 N–H and O–H groups in total. The fourth-order valence-corrected chi connectivity index (χ4v) is 13.1. The monoisotopic (exact) mass is 760 g/mol. The SMILES string of the molecule is C[Si]1(C)c2ccccc2C2(c3ccccc3-c3ccccc32)c2cc(-c3ccc(-c4cc(-c5nc6ccccc6o5)cc(-c5nc6ccccc6o5)c4)cc3)ccc21. The Kier molecular flexibility index (Phi) is 6.97. The molecule has 8 aromatic carbocycles. The first kappa shape index (κ1) is 33.1. The predicted octanol–water partition coefficient (Wildman–Crippen LogP) is 12.1. The third-order valence-electron chi connectivity index (χ3n) is 12.6. The van der Waals surface area contributed by atoms with E-state index in [1.165, 1.54) is 54.9 Å². The maximum atomic E-state index is 6.28. The molecule has 0 saturated heterocycles. The van der Waals surface area contributed by atoms with Gasteiger partial charge in [0.25, 0.3) is 0 Å². The molecule has 1 spiro atoms. The molecule has 1 aliphatic heterocycles. The van der Waals surface area contributed by atoms with E-state index in [1.54, 1.807) is 0 Å². The van der Waals surface area contributed by atoms with Crippen LogP contribution in [0.4, 0.5) is 0 Å². The molecule has 0 atom stereocenters. The minimum atomic E-state index is -2.06. The lowest BCUT2D eigenvalue weighted by Crippen LogP contribution is -2.63. The molecule has 0 saturated carbocycles. The molecule has 5 heteroatoms. The van der Waals surface area contributed by atoms with Crippen molar-refractivity contribution in [3.8, 4) is 56.3 Å². The first-order valence-electron chi connectivity index (χ1n) is 19.9. The Morgan fingerprint density at radius 3 is 1.41 bits per heavy atom. The van der Waals surface area contributed by atoms with Gasteiger partial charge in [0.05, 0.1) is 5.41 Å². The summed E-state index contributed by atoms with van der Waals surface area (Å²) in [6.45, 7) is 5.03. The molecular formula is C53H36N2O2Si. The van der Waals surface area contributed by atoms with E-state index in [-0.39, 0.29) is 0 Å². The maximum absolute atomic E-state index is 6.28. The van der Waals surface area contributed by atoms with Crippen LogP contribution in [0.2, 0.25) is 13.1 Å². The summed E-state index contributed by atoms with van der Waals surface area (Å²) in [5.41, 5.74) is 17.2. The van der Waals surface area contributed by atoms with Gasteiger partial charge in [0.2, 0.25) is 11.8 Å². The van der Waals surface area contributed by atoms with Crippen LogP contribution in [-0.2, 0) is 5.41 Å². The zero-order valence-corrected chi connectivity index (χ0v) is 33.0. The normalized spacial score (nSPS) is 14.3. The Labute approximate surface area is 337 Å². The first-order chi connectivity index (χ1) is 28.5. The van der Waals surface area contributed by atoms with Crippen molar-refractivity contribution in [1.29, 1.82) is 0 Å². The van der Waals surface area contributed by atoms with Gasteiger partial charge in [-0.1, -0.05) is 147 Å². The molecule has 0 amide bonds. The zero-order valence-electron chi connectivity index (χ0n) is 32.0. The van der Waals surface area contributed by atoms with E-state index in [1.807, 2.05) is 48.5 Å². The molecular weight excluding hydrogens is 725 g/mol. The highest BCUT2D eigenvalue weighted by atomic mass is 28.3. The summed E-state index contributed by atoms with van der Waals surface area (Å²) in [7, 11) is -2.06. The Balaban J connectivity index is 1.01. The summed E-state index contributed by atoms with van der Waals surface area (Å²) < 4.78 is 12.6. The second kappa shape index (κ2) is 12.2. The molecule has 2 aromatic heterocycles. The van der Waals surface area contributed by atoms with Gasteiger partial charge in [0.15, 0.2) is 11.2 Å². The summed E-state index contributed by atoms with van der Waals surface area (Å²) in [6, 6.07) is 65.7. The van der Waals surface area contributed by atoms with Crippen molar-refractivity contribution in [2.24, 2.45) is 0 Å². The minimum absolute atomic E-state index is 0.399. The number of para-hydroxylation sites is 4. The van der Waals surface area contributed by atoms with Gasteiger partial charge in [-0.2, -0.15) is 0 Å². The average Bonchev–Trinajstić information content (AvgIpc) is 3.99. The second-order valence-electron chi connectivity index (χ2n) is 16.1. The van der Waals surface area contributed by atoms with E-state index >= 15 is 0 Å². The highest BCUT2D eigenvalue weighted by Crippen LogP contribution is 2.57. The van der Waals surface area contributed by atoms with Crippen molar-refractivity contribution in [1.82, 2.24) is 9.97 Å². The van der Waals surface area contributed by atoms with E-state index in [2.05, 4.69) is 147 Å². The standard InChI is InChI=1S/C53H36N2O2Si/c1-58(2)49-22-12-7-17-43(49)53(41-15-5-3-13-39(41)40-14-4-6-16-42(40)53)44-32-35(27-28-50(44)58)33-23-25-34(26-24-33)36-29-37(51-54-45-18-8-10-20-47(45)56-51)31-38(30-36)52-55-46-19-9-11-21-48(46)57-52/h3-32H,1-2H3. The molecule has 1 aliphatic carbocycles. The molecule has 3 heterocycles. The molecule has 0 fully saturated rings. The van der Waals surface area contributed by atoms with Crippen molar-refractivity contribution >= 4 is 40.6 Å². The van der Waals surface area contributed by atoms with Gasteiger partial charge in [-0.05, 0) is 115 Å². The molecule has 12 rings (SSSR count). The fourth-order valence-electron chi connectivity index (χ4n) is 9.93. The van der Waals surface area contributed by atoms with E-state index < -0.39 is 13.5 Å². The number of oxazole rings is 2. The molecule has 0 unspecified atom stereocenters. The van der Waals surface area contributed by atoms with E-state index in [0.717, 1.165) is 44.5 Å². The highest BCUT2D eigenvalue weighted by Gasteiger charge is 2.53. The lowest BCUT2D eigenvalue weighted by Gasteiger charge is -2.46. The Hall–Kier alpha value is -7.08. The van der Waals surface area contributed by atoms with Crippen LogP contribution in [0.3, 0.4) is 0 Å². The number of hydrogen-bond acceptors (Lipinski definition) is 4. The van der Waals surface area contributed by atoms with Gasteiger partial charge in [-0.3, -0.25) is 0 Å². The topological polar surface area (TPSA) is 52.1 Å². The van der Waals surface area contributed by atoms with Gasteiger partial charge >= 0.3 is 0 Å². The van der Waals surface area contributed by atoms with Crippen LogP contribution in [0.5, 0.6) is 0 Å². The zero-order chi connectivity index (χ0) is 38.6. The van der Waals surface area contributed by atoms with Crippen molar-refractivity contribution in [2.45, 2.75) is 18.5 Å². The lowest BCUT2D eigenvalue weighted by molar-refractivity contribution is 0.617. The summed E-state index contributed by atoms with van der Waals surface area (Å²) in [5.74, 6) is 1.12. The molecule has 4 nitrogen and oxygen atoms in total. The van der Waals surface area contributed by atoms with Crippen LogP contribution in [0.25, 0.3) is 78.5 Å². The van der Waals surface area contributed by atoms with Crippen molar-refractivity contribution < 1.29 is 8.83 Å². The minimum Gasteiger partial charge on any atom is -0.436 e. The van der Waals surface area contributed by atoms with Crippen LogP contribution < -0.4 is 10.4 Å². The van der Waals surface area contributed by atoms with Gasteiger partial charge in [0, 0.05) is 11.1 Å². The predicted molar refractivity (Wildman–Crippen MR) is 237 cm³/mol. The summed E-state index contributed by atoms with van der Waals surface area (Å²) in [6.07, 6.45) is 0. The van der Waals surface area contributed by atoms with Crippen molar-refractivity contribution in [3.63, 3.8) is 0 Å². The highest BCUT2D eigenvalue weighted by molar-refractivity contribution is 7.01. The van der Waals surface area contributed by atoms with E-state index in [4.69, 9.17) is 18.8 Å². The van der Waals surface area contributed by atoms with Crippen LogP contribution in [0.1, 0.15) is 22.3 Å². The first-order valence-corrected chi connectivity index (χ1v) is 22.9. The van der Waals surface area contributed by atoms with Gasteiger partial charge in [0.1, 0.15) is 19.1 Å². The maximum Gasteiger partial charge on any atom is 0.227 e. The second-order valence-corrected chi connectivity index (χ2v) is 20.4. The van der Waals surface area contributed by atoms with Crippen LogP contribution in [0.15, 0.2) is 191 Å². The third kappa shape index (κ3) is 4.68. The molecule has 0 radical (unpaired) electrons. The largest absolute Gasteiger partial charge is 0.436 e. The molecule has 2 aliphatic rings. The van der Waals surface area contributed by atoms with Gasteiger partial charge in [-0.15, -0.1) is 0 Å². The Bertz CT molecular complexity index is 3080. The summed E-state index contributed by atoms with van der Waals surface area (Å²) in [4.78, 5) is 9.70. The van der Waals surface area contributed by atoms with Crippen LogP contribution >= 0.6 is 0 Å². The number of nitrogens with zero attached hydrogens (tertiary/aromatic N) is 2. The number of benzene rings is 8. The smallest absolute Gasteiger partial charge is 0.227 e.